The predicted octanol–water partition coefficient (Wildman–Crippen LogP) is 2.81. The van der Waals surface area contributed by atoms with E-state index >= 15 is 0 Å². The first kappa shape index (κ1) is 16.5. The summed E-state index contributed by atoms with van der Waals surface area (Å²) in [7, 11) is 0. The van der Waals surface area contributed by atoms with Gasteiger partial charge in [0.25, 0.3) is 0 Å². The summed E-state index contributed by atoms with van der Waals surface area (Å²) >= 11 is 0. The summed E-state index contributed by atoms with van der Waals surface area (Å²) in [5.41, 5.74) is -0.170. The summed E-state index contributed by atoms with van der Waals surface area (Å²) in [6.45, 7) is 13.8. The molecule has 1 aliphatic heterocycles. The van der Waals surface area contributed by atoms with Crippen molar-refractivity contribution in [1.82, 2.24) is 10.6 Å². The highest BCUT2D eigenvalue weighted by Gasteiger charge is 2.37. The van der Waals surface area contributed by atoms with E-state index in [9.17, 15) is 4.79 Å². The van der Waals surface area contributed by atoms with E-state index in [-0.39, 0.29) is 11.3 Å². The number of hydrogen-bond donors (Lipinski definition) is 2. The van der Waals surface area contributed by atoms with Crippen molar-refractivity contribution in [2.45, 2.75) is 53.9 Å². The molecule has 19 heavy (non-hydrogen) atoms. The lowest BCUT2D eigenvalue weighted by molar-refractivity contribution is -0.132. The zero-order chi connectivity index (χ0) is 14.5. The first-order valence-corrected chi connectivity index (χ1v) is 7.92. The molecule has 0 radical (unpaired) electrons. The molecule has 0 spiro atoms. The van der Waals surface area contributed by atoms with Crippen molar-refractivity contribution in [3.63, 3.8) is 0 Å². The number of carbonyl (C=O) groups excluding carboxylic acids is 1. The summed E-state index contributed by atoms with van der Waals surface area (Å²) in [6.07, 6.45) is 3.06. The second-order valence-electron chi connectivity index (χ2n) is 6.78. The van der Waals surface area contributed by atoms with Gasteiger partial charge in [-0.15, -0.1) is 0 Å². The van der Waals surface area contributed by atoms with Crippen molar-refractivity contribution in [3.05, 3.63) is 0 Å². The molecule has 1 amide bonds. The maximum Gasteiger partial charge on any atom is 0.227 e. The van der Waals surface area contributed by atoms with Crippen molar-refractivity contribution in [1.29, 1.82) is 0 Å². The Labute approximate surface area is 118 Å². The minimum atomic E-state index is -0.170. The van der Waals surface area contributed by atoms with Gasteiger partial charge in [-0.2, -0.15) is 0 Å². The standard InChI is InChI=1S/C16H32N2O/c1-6-16(8-7-9-17-11-16)15(19)18-10-14(12(2)3)13(4)5/h12-14,17H,6-11H2,1-5H3,(H,18,19). The number of rotatable bonds is 6. The average Bonchev–Trinajstić information content (AvgIpc) is 2.38. The van der Waals surface area contributed by atoms with Crippen LogP contribution in [0.3, 0.4) is 0 Å². The molecule has 112 valence electrons. The Kier molecular flexibility index (Phi) is 6.31. The summed E-state index contributed by atoms with van der Waals surface area (Å²) in [5, 5.41) is 6.61. The molecule has 0 bridgehead atoms. The van der Waals surface area contributed by atoms with Gasteiger partial charge in [-0.1, -0.05) is 34.6 Å². The number of hydrogen-bond acceptors (Lipinski definition) is 2. The normalized spacial score (nSPS) is 24.2. The van der Waals surface area contributed by atoms with Gasteiger partial charge in [-0.3, -0.25) is 4.79 Å². The van der Waals surface area contributed by atoms with Crippen LogP contribution in [0.15, 0.2) is 0 Å². The SMILES string of the molecule is CCC1(C(=O)NCC(C(C)C)C(C)C)CCCNC1. The number of nitrogens with one attached hydrogen (secondary N) is 2. The summed E-state index contributed by atoms with van der Waals surface area (Å²) in [6, 6.07) is 0. The Bertz CT molecular complexity index is 272. The minimum Gasteiger partial charge on any atom is -0.355 e. The average molecular weight is 268 g/mol. The first-order chi connectivity index (χ1) is 8.93. The lowest BCUT2D eigenvalue weighted by atomic mass is 9.77. The molecule has 0 aromatic heterocycles. The molecule has 1 fully saturated rings. The minimum absolute atomic E-state index is 0.170. The highest BCUT2D eigenvalue weighted by molar-refractivity contribution is 5.83. The van der Waals surface area contributed by atoms with Crippen LogP contribution in [0, 0.1) is 23.2 Å². The largest absolute Gasteiger partial charge is 0.355 e. The topological polar surface area (TPSA) is 41.1 Å². The van der Waals surface area contributed by atoms with E-state index < -0.39 is 0 Å². The molecule has 3 nitrogen and oxygen atoms in total. The molecule has 2 N–H and O–H groups in total. The molecule has 0 aromatic rings. The highest BCUT2D eigenvalue weighted by Crippen LogP contribution is 2.30. The van der Waals surface area contributed by atoms with E-state index in [1.54, 1.807) is 0 Å². The van der Waals surface area contributed by atoms with Crippen LogP contribution < -0.4 is 10.6 Å². The number of amides is 1. The van der Waals surface area contributed by atoms with Gasteiger partial charge < -0.3 is 10.6 Å². The van der Waals surface area contributed by atoms with Gasteiger partial charge in [-0.05, 0) is 43.6 Å². The van der Waals surface area contributed by atoms with Crippen LogP contribution >= 0.6 is 0 Å². The molecule has 1 aliphatic rings. The second-order valence-corrected chi connectivity index (χ2v) is 6.78. The fourth-order valence-corrected chi connectivity index (χ4v) is 3.26. The maximum absolute atomic E-state index is 12.5. The molecule has 3 heteroatoms. The fraction of sp³-hybridized carbons (Fsp3) is 0.938. The van der Waals surface area contributed by atoms with Gasteiger partial charge in [-0.25, -0.2) is 0 Å². The lowest BCUT2D eigenvalue weighted by Crippen LogP contribution is -2.51. The van der Waals surface area contributed by atoms with E-state index in [4.69, 9.17) is 0 Å². The van der Waals surface area contributed by atoms with Crippen LogP contribution in [0.2, 0.25) is 0 Å². The summed E-state index contributed by atoms with van der Waals surface area (Å²) in [5.74, 6) is 2.05. The third-order valence-corrected chi connectivity index (χ3v) is 4.84. The Morgan fingerprint density at radius 1 is 1.26 bits per heavy atom. The van der Waals surface area contributed by atoms with Gasteiger partial charge in [0.15, 0.2) is 0 Å². The molecule has 1 rings (SSSR count). The van der Waals surface area contributed by atoms with Crippen LogP contribution in [-0.4, -0.2) is 25.5 Å². The molecule has 1 saturated heterocycles. The van der Waals surface area contributed by atoms with Gasteiger partial charge in [0.05, 0.1) is 5.41 Å². The van der Waals surface area contributed by atoms with Crippen LogP contribution in [0.4, 0.5) is 0 Å². The van der Waals surface area contributed by atoms with Crippen molar-refractivity contribution >= 4 is 5.91 Å². The monoisotopic (exact) mass is 268 g/mol. The Morgan fingerprint density at radius 3 is 2.32 bits per heavy atom. The zero-order valence-corrected chi connectivity index (χ0v) is 13.4. The second kappa shape index (κ2) is 7.28. The first-order valence-electron chi connectivity index (χ1n) is 7.92. The third kappa shape index (κ3) is 4.20. The van der Waals surface area contributed by atoms with E-state index in [1.807, 2.05) is 0 Å². The molecule has 1 unspecified atom stereocenters. The molecule has 0 saturated carbocycles. The molecule has 1 atom stereocenters. The van der Waals surface area contributed by atoms with Crippen LogP contribution in [0.1, 0.15) is 53.9 Å². The van der Waals surface area contributed by atoms with Crippen molar-refractivity contribution in [2.24, 2.45) is 23.2 Å². The highest BCUT2D eigenvalue weighted by atomic mass is 16.2. The summed E-state index contributed by atoms with van der Waals surface area (Å²) in [4.78, 5) is 12.5. The Balaban J connectivity index is 2.57. The zero-order valence-electron chi connectivity index (χ0n) is 13.4. The quantitative estimate of drug-likeness (QED) is 0.778. The van der Waals surface area contributed by atoms with Crippen LogP contribution in [0.25, 0.3) is 0 Å². The van der Waals surface area contributed by atoms with E-state index in [0.717, 1.165) is 38.9 Å². The smallest absolute Gasteiger partial charge is 0.227 e. The van der Waals surface area contributed by atoms with Crippen molar-refractivity contribution in [2.75, 3.05) is 19.6 Å². The molecule has 0 aromatic carbocycles. The van der Waals surface area contributed by atoms with E-state index in [1.165, 1.54) is 0 Å². The Hall–Kier alpha value is -0.570. The molecular weight excluding hydrogens is 236 g/mol. The van der Waals surface area contributed by atoms with E-state index in [0.29, 0.717) is 17.8 Å². The molecule has 1 heterocycles. The van der Waals surface area contributed by atoms with Gasteiger partial charge in [0.1, 0.15) is 0 Å². The number of carbonyl (C=O) groups is 1. The fourth-order valence-electron chi connectivity index (χ4n) is 3.26. The van der Waals surface area contributed by atoms with Crippen LogP contribution in [0.5, 0.6) is 0 Å². The van der Waals surface area contributed by atoms with Crippen molar-refractivity contribution in [3.8, 4) is 0 Å². The lowest BCUT2D eigenvalue weighted by Gasteiger charge is -2.36. The molecular formula is C16H32N2O. The van der Waals surface area contributed by atoms with Crippen LogP contribution in [-0.2, 0) is 4.79 Å². The van der Waals surface area contributed by atoms with Gasteiger partial charge in [0, 0.05) is 13.1 Å². The maximum atomic E-state index is 12.5. The molecule has 0 aliphatic carbocycles. The predicted molar refractivity (Wildman–Crippen MR) is 81.0 cm³/mol. The Morgan fingerprint density at radius 2 is 1.89 bits per heavy atom. The van der Waals surface area contributed by atoms with Gasteiger partial charge in [0.2, 0.25) is 5.91 Å². The van der Waals surface area contributed by atoms with E-state index in [2.05, 4.69) is 45.3 Å². The third-order valence-electron chi connectivity index (χ3n) is 4.84. The van der Waals surface area contributed by atoms with Crippen molar-refractivity contribution < 1.29 is 4.79 Å². The van der Waals surface area contributed by atoms with Gasteiger partial charge >= 0.3 is 0 Å². The summed E-state index contributed by atoms with van der Waals surface area (Å²) < 4.78 is 0. The number of piperidine rings is 1.